The van der Waals surface area contributed by atoms with Gasteiger partial charge in [-0.15, -0.1) is 32.9 Å². The molecule has 0 bridgehead atoms. The number of carbonyl (C=O) groups excluding carboxylic acids is 2. The maximum absolute atomic E-state index is 12.8. The molecule has 0 atom stereocenters. The lowest BCUT2D eigenvalue weighted by molar-refractivity contribution is -0.113. The molecular formula is C22H26N4O3S3. The lowest BCUT2D eigenvalue weighted by atomic mass is 10.1. The van der Waals surface area contributed by atoms with E-state index >= 15 is 0 Å². The van der Waals surface area contributed by atoms with E-state index in [0.717, 1.165) is 61.6 Å². The number of hydrogen-bond donors (Lipinski definition) is 1. The first-order valence-corrected chi connectivity index (χ1v) is 13.4. The number of thioether (sulfide) groups is 1. The Bertz CT molecular complexity index is 1090. The molecule has 3 aromatic heterocycles. The monoisotopic (exact) mass is 490 g/mol. The van der Waals surface area contributed by atoms with Gasteiger partial charge in [0.25, 0.3) is 0 Å². The molecule has 0 fully saturated rings. The predicted octanol–water partition coefficient (Wildman–Crippen LogP) is 4.80. The molecule has 170 valence electrons. The van der Waals surface area contributed by atoms with Gasteiger partial charge in [-0.25, -0.2) is 4.79 Å². The van der Waals surface area contributed by atoms with E-state index in [9.17, 15) is 9.59 Å². The maximum Gasteiger partial charge on any atom is 0.341 e. The van der Waals surface area contributed by atoms with Gasteiger partial charge in [0.15, 0.2) is 5.16 Å². The second-order valence-electron chi connectivity index (χ2n) is 7.50. The Balaban J connectivity index is 1.45. The molecule has 0 unspecified atom stereocenters. The minimum Gasteiger partial charge on any atom is -0.465 e. The van der Waals surface area contributed by atoms with Crippen LogP contribution < -0.4 is 5.32 Å². The van der Waals surface area contributed by atoms with Crippen molar-refractivity contribution < 1.29 is 14.3 Å². The van der Waals surface area contributed by atoms with Crippen molar-refractivity contribution in [3.05, 3.63) is 44.2 Å². The number of rotatable bonds is 8. The number of ether oxygens (including phenoxy) is 1. The Labute approximate surface area is 199 Å². The summed E-state index contributed by atoms with van der Waals surface area (Å²) in [4.78, 5) is 27.6. The highest BCUT2D eigenvalue weighted by atomic mass is 32.2. The van der Waals surface area contributed by atoms with E-state index < -0.39 is 0 Å². The van der Waals surface area contributed by atoms with Gasteiger partial charge in [0.05, 0.1) is 18.4 Å². The minimum atomic E-state index is -0.378. The minimum absolute atomic E-state index is 0.165. The Morgan fingerprint density at radius 2 is 2.09 bits per heavy atom. The molecule has 1 amide bonds. The number of nitrogens with zero attached hydrogens (tertiary/aromatic N) is 3. The van der Waals surface area contributed by atoms with Gasteiger partial charge in [0.1, 0.15) is 10.8 Å². The molecule has 3 heterocycles. The summed E-state index contributed by atoms with van der Waals surface area (Å²) in [5, 5.41) is 15.0. The van der Waals surface area contributed by atoms with Crippen LogP contribution >= 0.6 is 34.4 Å². The molecule has 4 rings (SSSR count). The van der Waals surface area contributed by atoms with Gasteiger partial charge in [-0.2, -0.15) is 0 Å². The van der Waals surface area contributed by atoms with Crippen molar-refractivity contribution in [3.63, 3.8) is 0 Å². The Morgan fingerprint density at radius 1 is 1.25 bits per heavy atom. The van der Waals surface area contributed by atoms with E-state index in [1.165, 1.54) is 40.0 Å². The predicted molar refractivity (Wildman–Crippen MR) is 129 cm³/mol. The fourth-order valence-electron chi connectivity index (χ4n) is 3.88. The molecule has 0 radical (unpaired) electrons. The highest BCUT2D eigenvalue weighted by molar-refractivity contribution is 7.99. The smallest absolute Gasteiger partial charge is 0.341 e. The summed E-state index contributed by atoms with van der Waals surface area (Å²) in [7, 11) is 1.38. The van der Waals surface area contributed by atoms with Gasteiger partial charge in [0, 0.05) is 22.7 Å². The first-order valence-electron chi connectivity index (χ1n) is 10.7. The van der Waals surface area contributed by atoms with E-state index in [1.807, 2.05) is 17.6 Å². The van der Waals surface area contributed by atoms with Crippen molar-refractivity contribution in [1.29, 1.82) is 0 Å². The average Bonchev–Trinajstić information content (AvgIpc) is 3.48. The van der Waals surface area contributed by atoms with E-state index in [-0.39, 0.29) is 17.6 Å². The van der Waals surface area contributed by atoms with E-state index in [0.29, 0.717) is 10.6 Å². The Morgan fingerprint density at radius 3 is 2.84 bits per heavy atom. The molecule has 0 spiro atoms. The third kappa shape index (κ3) is 5.07. The van der Waals surface area contributed by atoms with Crippen LogP contribution in [0.2, 0.25) is 0 Å². The van der Waals surface area contributed by atoms with Crippen molar-refractivity contribution in [1.82, 2.24) is 14.8 Å². The van der Waals surface area contributed by atoms with Gasteiger partial charge < -0.3 is 14.6 Å². The lowest BCUT2D eigenvalue weighted by Crippen LogP contribution is -2.17. The van der Waals surface area contributed by atoms with Crippen LogP contribution in [0.25, 0.3) is 0 Å². The van der Waals surface area contributed by atoms with Crippen LogP contribution in [0.4, 0.5) is 5.00 Å². The maximum atomic E-state index is 12.8. The van der Waals surface area contributed by atoms with Crippen LogP contribution in [0.5, 0.6) is 0 Å². The first-order chi connectivity index (χ1) is 15.6. The fraction of sp³-hybridized carbons (Fsp3) is 0.455. The van der Waals surface area contributed by atoms with Crippen molar-refractivity contribution >= 4 is 51.3 Å². The zero-order valence-corrected chi connectivity index (χ0v) is 20.6. The van der Waals surface area contributed by atoms with Gasteiger partial charge >= 0.3 is 5.97 Å². The normalized spacial score (nSPS) is 13.4. The summed E-state index contributed by atoms with van der Waals surface area (Å²) in [6.07, 6.45) is 5.85. The molecule has 32 heavy (non-hydrogen) atoms. The molecule has 0 saturated heterocycles. The highest BCUT2D eigenvalue weighted by Crippen LogP contribution is 2.38. The zero-order valence-electron chi connectivity index (χ0n) is 18.2. The van der Waals surface area contributed by atoms with Crippen molar-refractivity contribution in [2.24, 2.45) is 0 Å². The van der Waals surface area contributed by atoms with Gasteiger partial charge in [0.2, 0.25) is 5.91 Å². The van der Waals surface area contributed by atoms with E-state index in [2.05, 4.69) is 27.0 Å². The van der Waals surface area contributed by atoms with Crippen molar-refractivity contribution in [2.75, 3.05) is 18.2 Å². The topological polar surface area (TPSA) is 86.1 Å². The molecule has 3 aromatic rings. The van der Waals surface area contributed by atoms with Gasteiger partial charge in [-0.3, -0.25) is 4.79 Å². The number of amides is 1. The molecule has 0 aromatic carbocycles. The number of aromatic nitrogens is 3. The number of esters is 1. The summed E-state index contributed by atoms with van der Waals surface area (Å²) in [5.74, 6) is 0.548. The summed E-state index contributed by atoms with van der Waals surface area (Å²) >= 11 is 4.56. The standard InChI is InChI=1S/C22H26N4O3S3/c1-3-26-17(12-14-8-7-11-30-14)24-25-22(26)31-13-18(27)23-20-19(21(28)29-2)15-9-5-4-6-10-16(15)32-20/h7-8,11H,3-6,9-10,12-13H2,1-2H3,(H,23,27). The van der Waals surface area contributed by atoms with E-state index in [4.69, 9.17) is 4.74 Å². The highest BCUT2D eigenvalue weighted by Gasteiger charge is 2.26. The number of hydrogen-bond acceptors (Lipinski definition) is 8. The molecule has 0 aliphatic heterocycles. The van der Waals surface area contributed by atoms with Gasteiger partial charge in [-0.05, 0) is 49.6 Å². The zero-order chi connectivity index (χ0) is 22.5. The van der Waals surface area contributed by atoms with Crippen LogP contribution in [0, 0.1) is 0 Å². The summed E-state index contributed by atoms with van der Waals surface area (Å²) in [5.41, 5.74) is 1.58. The largest absolute Gasteiger partial charge is 0.465 e. The first kappa shape index (κ1) is 23.0. The molecule has 1 N–H and O–H groups in total. The fourth-order valence-corrected chi connectivity index (χ4v) is 6.70. The number of fused-ring (bicyclic) bond motifs is 1. The second kappa shape index (κ2) is 10.6. The van der Waals surface area contributed by atoms with Crippen LogP contribution in [0.3, 0.4) is 0 Å². The van der Waals surface area contributed by atoms with E-state index in [1.54, 1.807) is 11.3 Å². The molecular weight excluding hydrogens is 464 g/mol. The van der Waals surface area contributed by atoms with Crippen LogP contribution in [-0.4, -0.2) is 39.5 Å². The number of anilines is 1. The Kier molecular flexibility index (Phi) is 7.64. The molecule has 1 aliphatic rings. The second-order valence-corrected chi connectivity index (χ2v) is 10.6. The SMILES string of the molecule is CCn1c(Cc2cccs2)nnc1SCC(=O)Nc1sc2c(c1C(=O)OC)CCCCC2. The van der Waals surface area contributed by atoms with Crippen molar-refractivity contribution in [2.45, 2.75) is 57.1 Å². The molecule has 1 aliphatic carbocycles. The summed E-state index contributed by atoms with van der Waals surface area (Å²) in [6.45, 7) is 2.79. The summed E-state index contributed by atoms with van der Waals surface area (Å²) in [6, 6.07) is 4.11. The summed E-state index contributed by atoms with van der Waals surface area (Å²) < 4.78 is 7.07. The van der Waals surface area contributed by atoms with Crippen LogP contribution in [0.1, 0.15) is 57.7 Å². The average molecular weight is 491 g/mol. The number of nitrogens with one attached hydrogen (secondary N) is 1. The number of aryl methyl sites for hydroxylation is 1. The third-order valence-corrected chi connectivity index (χ3v) is 8.47. The molecule has 0 saturated carbocycles. The number of thiophene rings is 2. The number of methoxy groups -OCH3 is 1. The number of carbonyl (C=O) groups is 2. The molecule has 7 nitrogen and oxygen atoms in total. The Hall–Kier alpha value is -2.17. The van der Waals surface area contributed by atoms with Crippen molar-refractivity contribution in [3.8, 4) is 0 Å². The molecule has 10 heteroatoms. The van der Waals surface area contributed by atoms with Crippen LogP contribution in [0.15, 0.2) is 22.7 Å². The quantitative estimate of drug-likeness (QED) is 0.277. The lowest BCUT2D eigenvalue weighted by Gasteiger charge is -2.08. The van der Waals surface area contributed by atoms with Gasteiger partial charge in [-0.1, -0.05) is 24.2 Å². The third-order valence-electron chi connectivity index (χ3n) is 5.42. The van der Waals surface area contributed by atoms with Crippen LogP contribution in [-0.2, 0) is 35.3 Å².